The highest BCUT2D eigenvalue weighted by molar-refractivity contribution is 8.01. The Kier molecular flexibility index (Phi) is 5.50. The molecule has 0 unspecified atom stereocenters. The molecule has 0 amide bonds. The van der Waals surface area contributed by atoms with Crippen LogP contribution in [0.15, 0.2) is 186 Å². The molecule has 0 spiro atoms. The number of furan rings is 2. The van der Waals surface area contributed by atoms with Gasteiger partial charge in [-0.05, 0) is 88.6 Å². The fraction of sp³-hybridized carbons (Fsp3) is 0. The van der Waals surface area contributed by atoms with Crippen molar-refractivity contribution >= 4 is 157 Å². The van der Waals surface area contributed by atoms with Gasteiger partial charge >= 0.3 is 0 Å². The van der Waals surface area contributed by atoms with Crippen LogP contribution in [0.3, 0.4) is 0 Å². The lowest BCUT2D eigenvalue weighted by molar-refractivity contribution is 0.672. The van der Waals surface area contributed by atoms with E-state index in [2.05, 4.69) is 167 Å². The summed E-state index contributed by atoms with van der Waals surface area (Å²) in [6.45, 7) is 0.173. The Balaban J connectivity index is 0.943. The minimum Gasteiger partial charge on any atom is -0.455 e. The third kappa shape index (κ3) is 3.55. The fourth-order valence-electron chi connectivity index (χ4n) is 12.3. The molecule has 0 aliphatic carbocycles. The minimum absolute atomic E-state index is 0.0864. The van der Waals surface area contributed by atoms with Gasteiger partial charge in [0, 0.05) is 74.3 Å². The summed E-state index contributed by atoms with van der Waals surface area (Å²) in [6.07, 6.45) is 0. The Morgan fingerprint density at radius 3 is 1.35 bits per heavy atom. The molecule has 4 aliphatic rings. The van der Waals surface area contributed by atoms with Crippen molar-refractivity contribution in [3.8, 4) is 11.4 Å². The summed E-state index contributed by atoms with van der Waals surface area (Å²) < 4.78 is 18.5. The number of hydrogen-bond acceptors (Lipinski definition) is 4. The number of fused-ring (bicyclic) bond motifs is 22. The van der Waals surface area contributed by atoms with E-state index in [9.17, 15) is 0 Å². The first kappa shape index (κ1) is 31.8. The third-order valence-corrected chi connectivity index (χ3v) is 16.9. The van der Waals surface area contributed by atoms with Crippen LogP contribution in [0.4, 0.5) is 0 Å². The molecule has 0 fully saturated rings. The van der Waals surface area contributed by atoms with E-state index in [0.29, 0.717) is 0 Å². The van der Waals surface area contributed by atoms with Crippen molar-refractivity contribution in [1.82, 2.24) is 9.13 Å². The maximum absolute atomic E-state index is 6.73. The monoisotopic (exact) mass is 820 g/mol. The van der Waals surface area contributed by atoms with E-state index in [1.807, 2.05) is 23.5 Å². The van der Waals surface area contributed by atoms with Gasteiger partial charge in [0.2, 0.25) is 13.4 Å². The summed E-state index contributed by atoms with van der Waals surface area (Å²) >= 11 is 3.87. The minimum atomic E-state index is 0.0864. The van der Waals surface area contributed by atoms with Gasteiger partial charge in [0.1, 0.15) is 22.3 Å². The molecule has 9 aromatic carbocycles. The van der Waals surface area contributed by atoms with Crippen LogP contribution >= 0.6 is 23.5 Å². The van der Waals surface area contributed by atoms with Crippen LogP contribution in [-0.2, 0) is 0 Å². The Hall–Kier alpha value is -6.99. The fourth-order valence-corrected chi connectivity index (χ4v) is 14.8. The van der Waals surface area contributed by atoms with Crippen molar-refractivity contribution in [3.05, 3.63) is 158 Å². The number of para-hydroxylation sites is 4. The molecule has 0 N–H and O–H groups in total. The Morgan fingerprint density at radius 2 is 0.839 bits per heavy atom. The summed E-state index contributed by atoms with van der Waals surface area (Å²) in [7, 11) is 0. The molecule has 0 atom stereocenters. The molecular weight excluding hydrogens is 794 g/mol. The summed E-state index contributed by atoms with van der Waals surface area (Å²) in [4.78, 5) is 5.37. The van der Waals surface area contributed by atoms with Crippen molar-refractivity contribution in [3.63, 3.8) is 0 Å². The first-order chi connectivity index (χ1) is 30.8. The molecule has 13 aromatic rings. The van der Waals surface area contributed by atoms with Crippen molar-refractivity contribution in [1.29, 1.82) is 0 Å². The van der Waals surface area contributed by atoms with E-state index < -0.39 is 0 Å². The molecule has 62 heavy (non-hydrogen) atoms. The van der Waals surface area contributed by atoms with Gasteiger partial charge in [-0.2, -0.15) is 0 Å². The van der Waals surface area contributed by atoms with Crippen LogP contribution < -0.4 is 32.8 Å². The molecule has 8 heterocycles. The van der Waals surface area contributed by atoms with Crippen molar-refractivity contribution in [2.45, 2.75) is 19.6 Å². The molecule has 282 valence electrons. The molecule has 17 rings (SSSR count). The average molecular weight is 821 g/mol. The number of benzene rings is 9. The number of aromatic nitrogens is 2. The Bertz CT molecular complexity index is 4050. The lowest BCUT2D eigenvalue weighted by Gasteiger charge is -2.36. The summed E-state index contributed by atoms with van der Waals surface area (Å²) in [5.41, 5.74) is 19.6. The highest BCUT2D eigenvalue weighted by Gasteiger charge is 2.44. The van der Waals surface area contributed by atoms with Crippen LogP contribution in [0.25, 0.3) is 98.9 Å². The van der Waals surface area contributed by atoms with E-state index in [4.69, 9.17) is 8.83 Å². The van der Waals surface area contributed by atoms with Gasteiger partial charge in [-0.15, -0.1) is 0 Å². The lowest BCUT2D eigenvalue weighted by atomic mass is 9.32. The van der Waals surface area contributed by atoms with E-state index in [-0.39, 0.29) is 13.4 Å². The Morgan fingerprint density at radius 1 is 0.371 bits per heavy atom. The number of nitrogens with zero attached hydrogens (tertiary/aromatic N) is 2. The van der Waals surface area contributed by atoms with Gasteiger partial charge in [0.15, 0.2) is 0 Å². The molecule has 0 radical (unpaired) electrons. The second-order valence-corrected chi connectivity index (χ2v) is 19.6. The number of rotatable bonds is 0. The molecule has 8 heteroatoms. The van der Waals surface area contributed by atoms with Crippen molar-refractivity contribution < 1.29 is 8.83 Å². The van der Waals surface area contributed by atoms with E-state index >= 15 is 0 Å². The average Bonchev–Trinajstić information content (AvgIpc) is 4.07. The van der Waals surface area contributed by atoms with Gasteiger partial charge < -0.3 is 18.0 Å². The highest BCUT2D eigenvalue weighted by atomic mass is 32.2. The van der Waals surface area contributed by atoms with Crippen LogP contribution in [0, 0.1) is 0 Å². The molecule has 4 aliphatic heterocycles. The Labute approximate surface area is 361 Å². The van der Waals surface area contributed by atoms with Gasteiger partial charge in [0.05, 0.1) is 21.8 Å². The number of hydrogen-bond donors (Lipinski definition) is 0. The molecule has 0 saturated heterocycles. The van der Waals surface area contributed by atoms with Crippen LogP contribution in [-0.4, -0.2) is 22.6 Å². The summed E-state index contributed by atoms with van der Waals surface area (Å²) in [6, 6.07) is 58.9. The largest absolute Gasteiger partial charge is 0.455 e. The summed E-state index contributed by atoms with van der Waals surface area (Å²) in [5, 5.41) is 9.53. The molecule has 4 aromatic heterocycles. The predicted octanol–water partition coefficient (Wildman–Crippen LogP) is 10.3. The maximum Gasteiger partial charge on any atom is 0.249 e. The quantitative estimate of drug-likeness (QED) is 0.143. The van der Waals surface area contributed by atoms with Crippen LogP contribution in [0.5, 0.6) is 0 Å². The highest BCUT2D eigenvalue weighted by Crippen LogP contribution is 2.46. The molecule has 0 bridgehead atoms. The predicted molar refractivity (Wildman–Crippen MR) is 260 cm³/mol. The zero-order valence-electron chi connectivity index (χ0n) is 32.7. The zero-order valence-corrected chi connectivity index (χ0v) is 34.3. The molecule has 0 saturated carbocycles. The SMILES string of the molecule is c1cc2c3c(c1)-n1c4ccc5c6ccccc6oc5c4c4cccc(c41)B3c1cc3c(cc1S2)Sc1cccc2c1B3c1cccc3c4c5oc6ccccc6c5ccc4n-2c13. The van der Waals surface area contributed by atoms with E-state index in [0.717, 1.165) is 33.1 Å². The first-order valence-electron chi connectivity index (χ1n) is 21.3. The summed E-state index contributed by atoms with van der Waals surface area (Å²) in [5.74, 6) is 0. The van der Waals surface area contributed by atoms with Crippen molar-refractivity contribution in [2.24, 2.45) is 0 Å². The van der Waals surface area contributed by atoms with Gasteiger partial charge in [-0.3, -0.25) is 0 Å². The van der Waals surface area contributed by atoms with E-state index in [1.54, 1.807) is 0 Å². The molecular formula is C54H26B2N2O2S2. The normalized spacial score (nSPS) is 14.3. The van der Waals surface area contributed by atoms with Gasteiger partial charge in [-0.1, -0.05) is 125 Å². The lowest BCUT2D eigenvalue weighted by Crippen LogP contribution is -2.62. The first-order valence-corrected chi connectivity index (χ1v) is 22.9. The van der Waals surface area contributed by atoms with Gasteiger partial charge in [0.25, 0.3) is 0 Å². The maximum atomic E-state index is 6.73. The van der Waals surface area contributed by atoms with Crippen LogP contribution in [0.2, 0.25) is 0 Å². The topological polar surface area (TPSA) is 36.1 Å². The standard InChI is InChI=1S/C54H26B2N2O2S2/c1-3-17-41-27(9-1)29-21-23-37-47(53(29)59-41)31-11-5-13-33-51(31)57(37)39-15-7-19-43-49(39)55(33)35-25-36-46(26-45(35)61-43)62-44-20-8-16-40-50(44)56(36)34-14-6-12-32-48-38(58(40)52(32)34)24-22-30-28-10-2-4-18-42(28)60-54(30)48/h1-26H. The van der Waals surface area contributed by atoms with Crippen molar-refractivity contribution in [2.75, 3.05) is 0 Å². The van der Waals surface area contributed by atoms with Gasteiger partial charge in [-0.25, -0.2) is 0 Å². The van der Waals surface area contributed by atoms with Crippen LogP contribution in [0.1, 0.15) is 0 Å². The zero-order chi connectivity index (χ0) is 39.7. The third-order valence-electron chi connectivity index (χ3n) is 14.6. The van der Waals surface area contributed by atoms with E-state index in [1.165, 1.54) is 118 Å². The second kappa shape index (κ2) is 10.7. The molecule has 4 nitrogen and oxygen atoms in total. The second-order valence-electron chi connectivity index (χ2n) is 17.4. The smallest absolute Gasteiger partial charge is 0.249 e.